The minimum Gasteiger partial charge on any atom is -0.300 e. The summed E-state index contributed by atoms with van der Waals surface area (Å²) in [7, 11) is -3.10. The highest BCUT2D eigenvalue weighted by atomic mass is 32.2. The van der Waals surface area contributed by atoms with Crippen molar-refractivity contribution in [3.05, 3.63) is 0 Å². The molecule has 2 unspecified atom stereocenters. The molecule has 0 spiro atoms. The molecule has 5 heteroatoms. The molecule has 2 aliphatic heterocycles. The molecule has 0 aromatic carbocycles. The highest BCUT2D eigenvalue weighted by molar-refractivity contribution is 7.89. The van der Waals surface area contributed by atoms with Gasteiger partial charge in [-0.1, -0.05) is 0 Å². The van der Waals surface area contributed by atoms with Crippen LogP contribution in [0, 0.1) is 0 Å². The van der Waals surface area contributed by atoms with Crippen molar-refractivity contribution in [3.8, 4) is 0 Å². The Morgan fingerprint density at radius 1 is 1.29 bits per heavy atom. The van der Waals surface area contributed by atoms with Crippen LogP contribution in [0.4, 0.5) is 0 Å². The number of rotatable bonds is 2. The van der Waals surface area contributed by atoms with Crippen molar-refractivity contribution >= 4 is 15.8 Å². The van der Waals surface area contributed by atoms with E-state index in [-0.39, 0.29) is 23.6 Å². The highest BCUT2D eigenvalue weighted by Crippen LogP contribution is 2.36. The summed E-state index contributed by atoms with van der Waals surface area (Å²) < 4.78 is 25.1. The van der Waals surface area contributed by atoms with Crippen LogP contribution in [0.3, 0.4) is 0 Å². The van der Waals surface area contributed by atoms with Crippen LogP contribution in [0.1, 0.15) is 32.6 Å². The number of carbonyl (C=O) groups excluding carboxylic acids is 1. The fraction of sp³-hybridized carbons (Fsp3) is 0.889. The Morgan fingerprint density at radius 3 is 2.21 bits per heavy atom. The third-order valence-electron chi connectivity index (χ3n) is 3.17. The molecule has 0 aromatic rings. The first-order valence-electron chi connectivity index (χ1n) is 5.07. The molecule has 14 heavy (non-hydrogen) atoms. The van der Waals surface area contributed by atoms with Gasteiger partial charge in [0, 0.05) is 24.9 Å². The second kappa shape index (κ2) is 3.31. The lowest BCUT2D eigenvalue weighted by molar-refractivity contribution is -0.122. The number of sulfonamides is 1. The first-order valence-corrected chi connectivity index (χ1v) is 6.68. The van der Waals surface area contributed by atoms with E-state index in [4.69, 9.17) is 0 Å². The number of hydrogen-bond donors (Lipinski definition) is 0. The monoisotopic (exact) mass is 217 g/mol. The number of carbonyl (C=O) groups is 1. The number of hydrogen-bond acceptors (Lipinski definition) is 3. The van der Waals surface area contributed by atoms with Crippen LogP contribution < -0.4 is 0 Å². The van der Waals surface area contributed by atoms with Gasteiger partial charge < -0.3 is 0 Å². The van der Waals surface area contributed by atoms with Gasteiger partial charge in [-0.3, -0.25) is 4.79 Å². The average molecular weight is 217 g/mol. The summed E-state index contributed by atoms with van der Waals surface area (Å²) >= 11 is 0. The van der Waals surface area contributed by atoms with Crippen LogP contribution >= 0.6 is 0 Å². The molecule has 2 saturated heterocycles. The summed E-state index contributed by atoms with van der Waals surface area (Å²) in [6, 6.07) is -0.0719. The molecule has 80 valence electrons. The fourth-order valence-corrected chi connectivity index (χ4v) is 4.10. The molecular weight excluding hydrogens is 202 g/mol. The van der Waals surface area contributed by atoms with Gasteiger partial charge in [0.1, 0.15) is 5.78 Å². The molecule has 2 fully saturated rings. The van der Waals surface area contributed by atoms with Crippen molar-refractivity contribution < 1.29 is 13.2 Å². The van der Waals surface area contributed by atoms with E-state index in [0.29, 0.717) is 12.8 Å². The van der Waals surface area contributed by atoms with Gasteiger partial charge >= 0.3 is 0 Å². The molecule has 2 bridgehead atoms. The minimum absolute atomic E-state index is 0.0359. The molecule has 0 aliphatic carbocycles. The van der Waals surface area contributed by atoms with E-state index >= 15 is 0 Å². The van der Waals surface area contributed by atoms with E-state index in [0.717, 1.165) is 12.8 Å². The maximum atomic E-state index is 11.7. The zero-order chi connectivity index (χ0) is 10.3. The average Bonchev–Trinajstić information content (AvgIpc) is 2.40. The van der Waals surface area contributed by atoms with E-state index in [1.165, 1.54) is 0 Å². The highest BCUT2D eigenvalue weighted by Gasteiger charge is 2.45. The predicted molar refractivity (Wildman–Crippen MR) is 52.4 cm³/mol. The lowest BCUT2D eigenvalue weighted by Gasteiger charge is -2.32. The Hall–Kier alpha value is -0.420. The Balaban J connectivity index is 2.27. The second-order valence-corrected chi connectivity index (χ2v) is 6.23. The molecular formula is C9H15NO3S. The van der Waals surface area contributed by atoms with Gasteiger partial charge in [0.15, 0.2) is 0 Å². The molecule has 0 saturated carbocycles. The normalized spacial score (nSPS) is 33.6. The van der Waals surface area contributed by atoms with Crippen LogP contribution in [-0.4, -0.2) is 36.3 Å². The van der Waals surface area contributed by atoms with Crippen molar-refractivity contribution in [1.29, 1.82) is 0 Å². The Morgan fingerprint density at radius 2 is 1.79 bits per heavy atom. The quantitative estimate of drug-likeness (QED) is 0.678. The largest absolute Gasteiger partial charge is 0.300 e. The summed E-state index contributed by atoms with van der Waals surface area (Å²) in [5.41, 5.74) is 0. The van der Waals surface area contributed by atoms with Gasteiger partial charge in [-0.2, -0.15) is 4.31 Å². The van der Waals surface area contributed by atoms with Gasteiger partial charge in [0.2, 0.25) is 10.0 Å². The Labute approximate surface area is 84.3 Å². The number of ketones is 1. The van der Waals surface area contributed by atoms with Crippen molar-refractivity contribution in [2.75, 3.05) is 5.75 Å². The van der Waals surface area contributed by atoms with Gasteiger partial charge in [-0.25, -0.2) is 8.42 Å². The zero-order valence-corrected chi connectivity index (χ0v) is 9.09. The van der Waals surface area contributed by atoms with E-state index < -0.39 is 10.0 Å². The summed E-state index contributed by atoms with van der Waals surface area (Å²) in [6.45, 7) is 1.66. The van der Waals surface area contributed by atoms with Crippen molar-refractivity contribution in [1.82, 2.24) is 4.31 Å². The number of fused-ring (bicyclic) bond motifs is 2. The smallest absolute Gasteiger partial charge is 0.214 e. The fourth-order valence-electron chi connectivity index (χ4n) is 2.53. The SMILES string of the molecule is CCS(=O)(=O)N1C2CCC1CC(=O)C2. The van der Waals surface area contributed by atoms with Crippen molar-refractivity contribution in [2.24, 2.45) is 0 Å². The van der Waals surface area contributed by atoms with Crippen LogP contribution in [-0.2, 0) is 14.8 Å². The standard InChI is InChI=1S/C9H15NO3S/c1-2-14(12,13)10-7-3-4-8(10)6-9(11)5-7/h7-8H,2-6H2,1H3. The van der Waals surface area contributed by atoms with Gasteiger partial charge in [-0.15, -0.1) is 0 Å². The molecule has 0 aromatic heterocycles. The van der Waals surface area contributed by atoms with Crippen LogP contribution in [0.2, 0.25) is 0 Å². The number of Topliss-reactive ketones (excluding diaryl/α,β-unsaturated/α-hetero) is 1. The molecule has 4 nitrogen and oxygen atoms in total. The first-order chi connectivity index (χ1) is 6.54. The molecule has 0 amide bonds. The Kier molecular flexibility index (Phi) is 2.39. The van der Waals surface area contributed by atoms with Crippen LogP contribution in [0.5, 0.6) is 0 Å². The van der Waals surface area contributed by atoms with Gasteiger partial charge in [0.25, 0.3) is 0 Å². The lowest BCUT2D eigenvalue weighted by Crippen LogP contribution is -2.47. The van der Waals surface area contributed by atoms with E-state index in [1.807, 2.05) is 0 Å². The van der Waals surface area contributed by atoms with E-state index in [9.17, 15) is 13.2 Å². The third-order valence-corrected chi connectivity index (χ3v) is 5.13. The zero-order valence-electron chi connectivity index (χ0n) is 8.27. The molecule has 2 rings (SSSR count). The second-order valence-electron chi connectivity index (χ2n) is 4.06. The molecule has 2 heterocycles. The van der Waals surface area contributed by atoms with Crippen molar-refractivity contribution in [2.45, 2.75) is 44.7 Å². The Bertz CT molecular complexity index is 333. The summed E-state index contributed by atoms with van der Waals surface area (Å²) in [5, 5.41) is 0. The summed E-state index contributed by atoms with van der Waals surface area (Å²) in [4.78, 5) is 11.3. The van der Waals surface area contributed by atoms with E-state index in [2.05, 4.69) is 0 Å². The lowest BCUT2D eigenvalue weighted by atomic mass is 10.0. The maximum absolute atomic E-state index is 11.7. The minimum atomic E-state index is -3.10. The predicted octanol–water partition coefficient (Wildman–Crippen LogP) is 0.532. The van der Waals surface area contributed by atoms with Crippen molar-refractivity contribution in [3.63, 3.8) is 0 Å². The number of nitrogens with zero attached hydrogens (tertiary/aromatic N) is 1. The first kappa shape index (κ1) is 10.1. The molecule has 2 aliphatic rings. The van der Waals surface area contributed by atoms with E-state index in [1.54, 1.807) is 11.2 Å². The molecule has 0 N–H and O–H groups in total. The van der Waals surface area contributed by atoms with Gasteiger partial charge in [0.05, 0.1) is 5.75 Å². The topological polar surface area (TPSA) is 54.5 Å². The molecule has 2 atom stereocenters. The maximum Gasteiger partial charge on any atom is 0.214 e. The number of piperidine rings is 1. The van der Waals surface area contributed by atoms with Gasteiger partial charge in [-0.05, 0) is 19.8 Å². The summed E-state index contributed by atoms with van der Waals surface area (Å²) in [5.74, 6) is 0.369. The molecule has 0 radical (unpaired) electrons. The van der Waals surface area contributed by atoms with Crippen LogP contribution in [0.25, 0.3) is 0 Å². The van der Waals surface area contributed by atoms with Crippen LogP contribution in [0.15, 0.2) is 0 Å². The third kappa shape index (κ3) is 1.48. The summed E-state index contributed by atoms with van der Waals surface area (Å²) in [6.07, 6.45) is 2.57.